The quantitative estimate of drug-likeness (QED) is 0.630. The van der Waals surface area contributed by atoms with Crippen LogP contribution in [0, 0.1) is 0 Å². The van der Waals surface area contributed by atoms with Gasteiger partial charge in [0.2, 0.25) is 10.0 Å². The van der Waals surface area contributed by atoms with Crippen molar-refractivity contribution in [1.29, 1.82) is 0 Å². The van der Waals surface area contributed by atoms with Crippen molar-refractivity contribution in [3.05, 3.63) is 82.1 Å². The molecule has 9 heteroatoms. The van der Waals surface area contributed by atoms with Gasteiger partial charge in [0.05, 0.1) is 23.7 Å². The number of rotatable bonds is 5. The molecule has 0 unspecified atom stereocenters. The number of fused-ring (bicyclic) bond motifs is 1. The second-order valence-corrected chi connectivity index (χ2v) is 9.32. The molecule has 30 heavy (non-hydrogen) atoms. The highest BCUT2D eigenvalue weighted by Gasteiger charge is 2.26. The molecule has 0 spiro atoms. The molecular formula is C21H21ClN4O3S. The number of nitrogens with one attached hydrogen (secondary N) is 1. The van der Waals surface area contributed by atoms with Crippen LogP contribution in [0.25, 0.3) is 0 Å². The van der Waals surface area contributed by atoms with Crippen LogP contribution in [-0.4, -0.2) is 24.1 Å². The van der Waals surface area contributed by atoms with Crippen molar-refractivity contribution in [2.24, 2.45) is 5.14 Å². The molecule has 0 radical (unpaired) electrons. The third-order valence-corrected chi connectivity index (χ3v) is 6.40. The lowest BCUT2D eigenvalue weighted by atomic mass is 9.92. The number of benzene rings is 2. The van der Waals surface area contributed by atoms with E-state index in [1.807, 2.05) is 35.1 Å². The van der Waals surface area contributed by atoms with E-state index in [1.54, 1.807) is 0 Å². The summed E-state index contributed by atoms with van der Waals surface area (Å²) in [5.41, 5.74) is 3.56. The Bertz CT molecular complexity index is 1190. The minimum absolute atomic E-state index is 0.0266. The van der Waals surface area contributed by atoms with Gasteiger partial charge in [-0.15, -0.1) is 0 Å². The van der Waals surface area contributed by atoms with Crippen LogP contribution in [-0.2, 0) is 23.0 Å². The zero-order valence-corrected chi connectivity index (χ0v) is 17.7. The van der Waals surface area contributed by atoms with Gasteiger partial charge in [0, 0.05) is 21.8 Å². The van der Waals surface area contributed by atoms with Crippen molar-refractivity contribution in [3.8, 4) is 0 Å². The molecule has 1 aliphatic carbocycles. The number of carbonyl (C=O) groups is 1. The summed E-state index contributed by atoms with van der Waals surface area (Å²) in [4.78, 5) is 12.7. The third kappa shape index (κ3) is 4.40. The van der Waals surface area contributed by atoms with E-state index in [9.17, 15) is 13.2 Å². The van der Waals surface area contributed by atoms with E-state index in [0.717, 1.165) is 36.1 Å². The fraction of sp³-hybridized carbons (Fsp3) is 0.238. The summed E-state index contributed by atoms with van der Waals surface area (Å²) >= 11 is 6.08. The monoisotopic (exact) mass is 444 g/mol. The van der Waals surface area contributed by atoms with Crippen molar-refractivity contribution in [1.82, 2.24) is 15.1 Å². The highest BCUT2D eigenvalue weighted by molar-refractivity contribution is 7.89. The van der Waals surface area contributed by atoms with Crippen LogP contribution < -0.4 is 10.5 Å². The van der Waals surface area contributed by atoms with Crippen molar-refractivity contribution >= 4 is 27.5 Å². The van der Waals surface area contributed by atoms with Gasteiger partial charge in [-0.1, -0.05) is 23.7 Å². The molecule has 2 aromatic carbocycles. The number of sulfonamides is 1. The molecular weight excluding hydrogens is 424 g/mol. The number of carbonyl (C=O) groups excluding carboxylic acids is 1. The summed E-state index contributed by atoms with van der Waals surface area (Å²) < 4.78 is 24.7. The Balaban J connectivity index is 1.51. The van der Waals surface area contributed by atoms with E-state index < -0.39 is 10.0 Å². The Morgan fingerprint density at radius 2 is 2.00 bits per heavy atom. The Hall–Kier alpha value is -2.68. The van der Waals surface area contributed by atoms with Crippen LogP contribution in [0.2, 0.25) is 5.02 Å². The van der Waals surface area contributed by atoms with Crippen molar-refractivity contribution in [2.45, 2.75) is 36.7 Å². The van der Waals surface area contributed by atoms with Gasteiger partial charge in [-0.05, 0) is 61.2 Å². The van der Waals surface area contributed by atoms with E-state index >= 15 is 0 Å². The van der Waals surface area contributed by atoms with Crippen LogP contribution in [0.3, 0.4) is 0 Å². The molecule has 1 aromatic heterocycles. The van der Waals surface area contributed by atoms with Gasteiger partial charge in [0.25, 0.3) is 5.91 Å². The lowest BCUT2D eigenvalue weighted by Crippen LogP contribution is -2.31. The first-order valence-electron chi connectivity index (χ1n) is 9.54. The highest BCUT2D eigenvalue weighted by Crippen LogP contribution is 2.30. The lowest BCUT2D eigenvalue weighted by molar-refractivity contribution is 0.0932. The van der Waals surface area contributed by atoms with Crippen molar-refractivity contribution in [3.63, 3.8) is 0 Å². The topological polar surface area (TPSA) is 107 Å². The minimum Gasteiger partial charge on any atom is -0.345 e. The number of halogens is 1. The minimum atomic E-state index is -3.79. The number of nitrogens with zero attached hydrogens (tertiary/aromatic N) is 2. The van der Waals surface area contributed by atoms with Gasteiger partial charge in [-0.25, -0.2) is 13.6 Å². The molecule has 3 aromatic rings. The fourth-order valence-electron chi connectivity index (χ4n) is 3.75. The largest absolute Gasteiger partial charge is 0.345 e. The predicted molar refractivity (Wildman–Crippen MR) is 114 cm³/mol. The molecule has 1 heterocycles. The Morgan fingerprint density at radius 1 is 1.23 bits per heavy atom. The maximum Gasteiger partial charge on any atom is 0.251 e. The summed E-state index contributed by atoms with van der Waals surface area (Å²) in [6, 6.07) is 13.1. The maximum atomic E-state index is 12.7. The Labute approximate surface area is 179 Å². The van der Waals surface area contributed by atoms with Crippen LogP contribution >= 0.6 is 11.6 Å². The number of hydrogen-bond acceptors (Lipinski definition) is 4. The average Bonchev–Trinajstić information content (AvgIpc) is 3.11. The van der Waals surface area contributed by atoms with E-state index in [-0.39, 0.29) is 16.8 Å². The first kappa shape index (κ1) is 20.6. The summed E-state index contributed by atoms with van der Waals surface area (Å²) in [5.74, 6) is -0.267. The third-order valence-electron chi connectivity index (χ3n) is 5.23. The predicted octanol–water partition coefficient (Wildman–Crippen LogP) is 3.04. The molecule has 156 valence electrons. The number of primary sulfonamides is 1. The molecule has 0 saturated carbocycles. The molecule has 7 nitrogen and oxygen atoms in total. The summed E-state index contributed by atoms with van der Waals surface area (Å²) in [6.07, 6.45) is 4.46. The summed E-state index contributed by atoms with van der Waals surface area (Å²) in [5, 5.41) is 13.4. The average molecular weight is 445 g/mol. The van der Waals surface area contributed by atoms with Crippen LogP contribution in [0.15, 0.2) is 59.6 Å². The van der Waals surface area contributed by atoms with E-state index in [2.05, 4.69) is 10.4 Å². The lowest BCUT2D eigenvalue weighted by Gasteiger charge is -2.24. The van der Waals surface area contributed by atoms with Gasteiger partial charge in [0.1, 0.15) is 0 Å². The van der Waals surface area contributed by atoms with Gasteiger partial charge < -0.3 is 5.32 Å². The Morgan fingerprint density at radius 3 is 2.70 bits per heavy atom. The normalized spacial score (nSPS) is 16.1. The SMILES string of the molecule is NS(=O)(=O)c1ccc(C(=O)N[C@H]2CCCc3c2cnn3Cc2cccc(Cl)c2)cc1. The fourth-order valence-corrected chi connectivity index (χ4v) is 4.48. The molecule has 0 bridgehead atoms. The summed E-state index contributed by atoms with van der Waals surface area (Å²) in [7, 11) is -3.79. The molecule has 0 aliphatic heterocycles. The number of nitrogens with two attached hydrogens (primary N) is 1. The zero-order valence-electron chi connectivity index (χ0n) is 16.1. The molecule has 1 aliphatic rings. The summed E-state index contributed by atoms with van der Waals surface area (Å²) in [6.45, 7) is 0.617. The maximum absolute atomic E-state index is 12.7. The smallest absolute Gasteiger partial charge is 0.251 e. The van der Waals surface area contributed by atoms with E-state index in [1.165, 1.54) is 24.3 Å². The van der Waals surface area contributed by atoms with Gasteiger partial charge in [0.15, 0.2) is 0 Å². The molecule has 0 saturated heterocycles. The highest BCUT2D eigenvalue weighted by atomic mass is 35.5. The standard InChI is InChI=1S/C21H21ClN4O3S/c22-16-4-1-3-14(11-16)13-26-20-6-2-5-19(18(20)12-24-26)25-21(27)15-7-9-17(10-8-15)30(23,28)29/h1,3-4,7-12,19H,2,5-6,13H2,(H,25,27)(H2,23,28,29)/t19-/m0/s1. The van der Waals surface area contributed by atoms with Crippen LogP contribution in [0.4, 0.5) is 0 Å². The number of hydrogen-bond donors (Lipinski definition) is 2. The first-order valence-corrected chi connectivity index (χ1v) is 11.5. The van der Waals surface area contributed by atoms with Crippen LogP contribution in [0.5, 0.6) is 0 Å². The molecule has 0 fully saturated rings. The van der Waals surface area contributed by atoms with Gasteiger partial charge >= 0.3 is 0 Å². The zero-order chi connectivity index (χ0) is 21.3. The van der Waals surface area contributed by atoms with Gasteiger partial charge in [-0.2, -0.15) is 5.10 Å². The van der Waals surface area contributed by atoms with E-state index in [4.69, 9.17) is 16.7 Å². The van der Waals surface area contributed by atoms with Crippen molar-refractivity contribution < 1.29 is 13.2 Å². The molecule has 1 amide bonds. The number of aromatic nitrogens is 2. The van der Waals surface area contributed by atoms with Crippen molar-refractivity contribution in [2.75, 3.05) is 0 Å². The first-order chi connectivity index (χ1) is 14.3. The molecule has 1 atom stereocenters. The Kier molecular flexibility index (Phi) is 5.64. The van der Waals surface area contributed by atoms with E-state index in [0.29, 0.717) is 17.1 Å². The second kappa shape index (κ2) is 8.22. The number of amides is 1. The molecule has 4 rings (SSSR count). The van der Waals surface area contributed by atoms with Gasteiger partial charge in [-0.3, -0.25) is 9.48 Å². The van der Waals surface area contributed by atoms with Crippen LogP contribution in [0.1, 0.15) is 46.1 Å². The second-order valence-electron chi connectivity index (χ2n) is 7.32. The molecule has 3 N–H and O–H groups in total.